The first-order chi connectivity index (χ1) is 10.5. The van der Waals surface area contributed by atoms with Crippen LogP contribution in [0.25, 0.3) is 10.9 Å². The molecule has 3 aromatic rings. The summed E-state index contributed by atoms with van der Waals surface area (Å²) >= 11 is 5.96. The molecule has 1 aromatic heterocycles. The van der Waals surface area contributed by atoms with Crippen LogP contribution in [0.4, 0.5) is 0 Å². The number of aryl methyl sites for hydroxylation is 1. The third-order valence-corrected chi connectivity index (χ3v) is 4.66. The Morgan fingerprint density at radius 3 is 2.50 bits per heavy atom. The summed E-state index contributed by atoms with van der Waals surface area (Å²) in [5.41, 5.74) is 1.58. The van der Waals surface area contributed by atoms with Crippen molar-refractivity contribution in [3.63, 3.8) is 0 Å². The van der Waals surface area contributed by atoms with Gasteiger partial charge in [-0.2, -0.15) is 8.42 Å². The topological polar surface area (TPSA) is 56.3 Å². The van der Waals surface area contributed by atoms with E-state index >= 15 is 0 Å². The van der Waals surface area contributed by atoms with Crippen molar-refractivity contribution < 1.29 is 12.6 Å². The molecule has 0 N–H and O–H groups in total. The number of hydrogen-bond donors (Lipinski definition) is 0. The summed E-state index contributed by atoms with van der Waals surface area (Å²) in [7, 11) is -3.91. The zero-order valence-electron chi connectivity index (χ0n) is 11.7. The predicted molar refractivity (Wildman–Crippen MR) is 85.7 cm³/mol. The fourth-order valence-corrected chi connectivity index (χ4v) is 3.16. The van der Waals surface area contributed by atoms with Gasteiger partial charge in [0.25, 0.3) is 0 Å². The quantitative estimate of drug-likeness (QED) is 0.681. The van der Waals surface area contributed by atoms with E-state index in [-0.39, 0.29) is 10.6 Å². The molecule has 4 nitrogen and oxygen atoms in total. The van der Waals surface area contributed by atoms with Gasteiger partial charge in [-0.25, -0.2) is 0 Å². The van der Waals surface area contributed by atoms with E-state index in [0.29, 0.717) is 15.9 Å². The zero-order chi connectivity index (χ0) is 15.7. The maximum Gasteiger partial charge on any atom is 0.339 e. The Morgan fingerprint density at radius 2 is 1.77 bits per heavy atom. The molecule has 0 bridgehead atoms. The molecule has 0 radical (unpaired) electrons. The first kappa shape index (κ1) is 14.8. The van der Waals surface area contributed by atoms with Gasteiger partial charge in [0.05, 0.1) is 5.52 Å². The Hall–Kier alpha value is -2.11. The Balaban J connectivity index is 2.06. The molecule has 0 unspecified atom stereocenters. The minimum absolute atomic E-state index is 0.102. The molecule has 0 aliphatic heterocycles. The summed E-state index contributed by atoms with van der Waals surface area (Å²) in [5, 5.41) is 1.03. The molecule has 0 aliphatic carbocycles. The lowest BCUT2D eigenvalue weighted by Gasteiger charge is -2.09. The normalized spacial score (nSPS) is 11.5. The number of halogens is 1. The van der Waals surface area contributed by atoms with Crippen LogP contribution in [0.3, 0.4) is 0 Å². The van der Waals surface area contributed by atoms with Crippen molar-refractivity contribution >= 4 is 32.6 Å². The summed E-state index contributed by atoms with van der Waals surface area (Å²) in [6, 6.07) is 13.0. The van der Waals surface area contributed by atoms with Crippen LogP contribution in [0.1, 0.15) is 5.56 Å². The SMILES string of the molecule is Cc1ccc(S(=O)(=O)Oc2ccnc3ccc(Cl)cc23)cc1. The number of hydrogen-bond acceptors (Lipinski definition) is 4. The number of nitrogens with zero attached hydrogens (tertiary/aromatic N) is 1. The van der Waals surface area contributed by atoms with Crippen molar-refractivity contribution in [3.8, 4) is 5.75 Å². The monoisotopic (exact) mass is 333 g/mol. The molecule has 2 aromatic carbocycles. The van der Waals surface area contributed by atoms with E-state index in [9.17, 15) is 8.42 Å². The minimum Gasteiger partial charge on any atom is -0.378 e. The van der Waals surface area contributed by atoms with Crippen molar-refractivity contribution in [1.82, 2.24) is 4.98 Å². The second-order valence-electron chi connectivity index (χ2n) is 4.82. The smallest absolute Gasteiger partial charge is 0.339 e. The molecule has 112 valence electrons. The summed E-state index contributed by atoms with van der Waals surface area (Å²) < 4.78 is 30.0. The van der Waals surface area contributed by atoms with Crippen molar-refractivity contribution in [3.05, 3.63) is 65.3 Å². The maximum absolute atomic E-state index is 12.4. The predicted octanol–water partition coefficient (Wildman–Crippen LogP) is 3.96. The zero-order valence-corrected chi connectivity index (χ0v) is 13.2. The molecule has 0 amide bonds. The van der Waals surface area contributed by atoms with Gasteiger partial charge >= 0.3 is 10.1 Å². The molecule has 1 heterocycles. The Morgan fingerprint density at radius 1 is 1.05 bits per heavy atom. The number of fused-ring (bicyclic) bond motifs is 1. The van der Waals surface area contributed by atoms with Crippen LogP contribution in [0, 0.1) is 6.92 Å². The molecule has 0 saturated carbocycles. The highest BCUT2D eigenvalue weighted by Crippen LogP contribution is 2.29. The van der Waals surface area contributed by atoms with Crippen LogP contribution in [-0.2, 0) is 10.1 Å². The van der Waals surface area contributed by atoms with Gasteiger partial charge in [0.2, 0.25) is 0 Å². The van der Waals surface area contributed by atoms with E-state index in [1.807, 2.05) is 6.92 Å². The standard InChI is InChI=1S/C16H12ClNO3S/c1-11-2-5-13(6-3-11)22(19,20)21-16-8-9-18-15-7-4-12(17)10-14(15)16/h2-10H,1H3. The van der Waals surface area contributed by atoms with E-state index in [4.69, 9.17) is 15.8 Å². The fourth-order valence-electron chi connectivity index (χ4n) is 2.04. The minimum atomic E-state index is -3.91. The van der Waals surface area contributed by atoms with Crippen LogP contribution in [-0.4, -0.2) is 13.4 Å². The molecule has 0 atom stereocenters. The van der Waals surface area contributed by atoms with Crippen LogP contribution in [0.5, 0.6) is 5.75 Å². The fraction of sp³-hybridized carbons (Fsp3) is 0.0625. The van der Waals surface area contributed by atoms with Crippen LogP contribution >= 0.6 is 11.6 Å². The van der Waals surface area contributed by atoms with Gasteiger partial charge in [0.1, 0.15) is 4.90 Å². The molecule has 6 heteroatoms. The Bertz CT molecular complexity index is 937. The van der Waals surface area contributed by atoms with E-state index in [1.54, 1.807) is 30.3 Å². The van der Waals surface area contributed by atoms with Crippen molar-refractivity contribution in [2.45, 2.75) is 11.8 Å². The number of pyridine rings is 1. The Kier molecular flexibility index (Phi) is 3.76. The molecule has 3 rings (SSSR count). The van der Waals surface area contributed by atoms with Gasteiger partial charge in [-0.15, -0.1) is 0 Å². The lowest BCUT2D eigenvalue weighted by atomic mass is 10.2. The number of rotatable bonds is 3. The van der Waals surface area contributed by atoms with Gasteiger partial charge in [0, 0.05) is 22.7 Å². The average molecular weight is 334 g/mol. The van der Waals surface area contributed by atoms with Crippen molar-refractivity contribution in [1.29, 1.82) is 0 Å². The van der Waals surface area contributed by atoms with Crippen molar-refractivity contribution in [2.75, 3.05) is 0 Å². The molecule has 0 saturated heterocycles. The lowest BCUT2D eigenvalue weighted by molar-refractivity contribution is 0.488. The molecular weight excluding hydrogens is 322 g/mol. The molecule has 0 aliphatic rings. The van der Waals surface area contributed by atoms with Crippen molar-refractivity contribution in [2.24, 2.45) is 0 Å². The van der Waals surface area contributed by atoms with Gasteiger partial charge in [-0.05, 0) is 37.3 Å². The summed E-state index contributed by atoms with van der Waals surface area (Å²) in [6.07, 6.45) is 1.50. The second-order valence-corrected chi connectivity index (χ2v) is 6.80. The summed E-state index contributed by atoms with van der Waals surface area (Å²) in [5.74, 6) is 0.202. The highest BCUT2D eigenvalue weighted by atomic mass is 35.5. The number of benzene rings is 2. The third-order valence-electron chi connectivity index (χ3n) is 3.17. The number of aromatic nitrogens is 1. The van der Waals surface area contributed by atoms with E-state index in [1.165, 1.54) is 24.4 Å². The Labute approximate surface area is 133 Å². The van der Waals surface area contributed by atoms with Crippen LogP contribution < -0.4 is 4.18 Å². The summed E-state index contributed by atoms with van der Waals surface area (Å²) in [6.45, 7) is 1.88. The highest BCUT2D eigenvalue weighted by molar-refractivity contribution is 7.87. The summed E-state index contributed by atoms with van der Waals surface area (Å²) in [4.78, 5) is 4.27. The molecule has 0 fully saturated rings. The van der Waals surface area contributed by atoms with Gasteiger partial charge in [-0.1, -0.05) is 29.3 Å². The first-order valence-electron chi connectivity index (χ1n) is 6.51. The van der Waals surface area contributed by atoms with E-state index < -0.39 is 10.1 Å². The molecule has 0 spiro atoms. The third kappa shape index (κ3) is 2.91. The van der Waals surface area contributed by atoms with Gasteiger partial charge in [0.15, 0.2) is 5.75 Å². The van der Waals surface area contributed by atoms with Crippen LogP contribution in [0.15, 0.2) is 59.6 Å². The van der Waals surface area contributed by atoms with E-state index in [2.05, 4.69) is 4.98 Å². The van der Waals surface area contributed by atoms with Crippen LogP contribution in [0.2, 0.25) is 5.02 Å². The van der Waals surface area contributed by atoms with Gasteiger partial charge in [-0.3, -0.25) is 4.98 Å². The molecular formula is C16H12ClNO3S. The lowest BCUT2D eigenvalue weighted by Crippen LogP contribution is -2.10. The maximum atomic E-state index is 12.4. The first-order valence-corrected chi connectivity index (χ1v) is 8.30. The van der Waals surface area contributed by atoms with Gasteiger partial charge < -0.3 is 4.18 Å². The van der Waals surface area contributed by atoms with E-state index in [0.717, 1.165) is 5.56 Å². The largest absolute Gasteiger partial charge is 0.378 e. The highest BCUT2D eigenvalue weighted by Gasteiger charge is 2.18. The second kappa shape index (κ2) is 5.59. The molecule has 22 heavy (non-hydrogen) atoms. The average Bonchev–Trinajstić information content (AvgIpc) is 2.48.